The van der Waals surface area contributed by atoms with E-state index in [0.29, 0.717) is 0 Å². The maximum absolute atomic E-state index is 13.2. The monoisotopic (exact) mass is 208 g/mol. The molecule has 0 aliphatic carbocycles. The first-order valence-corrected chi connectivity index (χ1v) is 4.22. The van der Waals surface area contributed by atoms with Gasteiger partial charge in [-0.15, -0.1) is 0 Å². The highest BCUT2D eigenvalue weighted by Crippen LogP contribution is 2.34. The van der Waals surface area contributed by atoms with E-state index in [-0.39, 0.29) is 5.56 Å². The van der Waals surface area contributed by atoms with E-state index in [1.807, 2.05) is 0 Å². The lowest BCUT2D eigenvalue weighted by molar-refractivity contribution is -0.388. The lowest BCUT2D eigenvalue weighted by atomic mass is 9.93. The van der Waals surface area contributed by atoms with Gasteiger partial charge in [0.15, 0.2) is 0 Å². The Hall–Kier alpha value is -1.96. The largest absolute Gasteiger partial charge is 0.316 e. The standard InChI is InChI=1S/C10H9FN2O2/c1-10(2,12-3)7-5-4-6-8(11)9(7)13(14)15/h4-6H,1-2H3. The third-order valence-corrected chi connectivity index (χ3v) is 2.11. The summed E-state index contributed by atoms with van der Waals surface area (Å²) in [5.41, 5.74) is -1.61. The molecule has 0 aliphatic heterocycles. The highest BCUT2D eigenvalue weighted by molar-refractivity contribution is 5.46. The fourth-order valence-corrected chi connectivity index (χ4v) is 1.25. The maximum atomic E-state index is 13.2. The Morgan fingerprint density at radius 3 is 2.60 bits per heavy atom. The molecule has 0 unspecified atom stereocenters. The number of benzene rings is 1. The molecule has 0 atom stereocenters. The molecule has 15 heavy (non-hydrogen) atoms. The van der Waals surface area contributed by atoms with E-state index in [4.69, 9.17) is 6.57 Å². The average Bonchev–Trinajstić information content (AvgIpc) is 2.16. The molecule has 1 aromatic rings. The van der Waals surface area contributed by atoms with Crippen LogP contribution in [0.3, 0.4) is 0 Å². The molecule has 0 fully saturated rings. The third kappa shape index (κ3) is 1.94. The fraction of sp³-hybridized carbons (Fsp3) is 0.300. The van der Waals surface area contributed by atoms with Crippen LogP contribution in [-0.4, -0.2) is 4.92 Å². The van der Waals surface area contributed by atoms with Crippen LogP contribution in [0.1, 0.15) is 19.4 Å². The number of nitro benzene ring substituents is 1. The van der Waals surface area contributed by atoms with Crippen molar-refractivity contribution in [2.24, 2.45) is 0 Å². The lowest BCUT2D eigenvalue weighted by Crippen LogP contribution is -2.14. The number of rotatable bonds is 2. The SMILES string of the molecule is [C-]#[N+]C(C)(C)c1cccc(F)c1[N+](=O)[O-]. The molecular formula is C10H9FN2O2. The molecule has 0 aromatic heterocycles. The minimum atomic E-state index is -1.09. The van der Waals surface area contributed by atoms with Crippen LogP contribution < -0.4 is 0 Å². The Morgan fingerprint density at radius 2 is 2.13 bits per heavy atom. The lowest BCUT2D eigenvalue weighted by Gasteiger charge is -2.11. The van der Waals surface area contributed by atoms with E-state index >= 15 is 0 Å². The first-order valence-electron chi connectivity index (χ1n) is 4.22. The van der Waals surface area contributed by atoms with Crippen LogP contribution in [0.25, 0.3) is 4.85 Å². The minimum Gasteiger partial charge on any atom is -0.306 e. The van der Waals surface area contributed by atoms with E-state index in [9.17, 15) is 14.5 Å². The summed E-state index contributed by atoms with van der Waals surface area (Å²) in [7, 11) is 0. The second-order valence-corrected chi connectivity index (χ2v) is 3.56. The summed E-state index contributed by atoms with van der Waals surface area (Å²) in [6.45, 7) is 9.96. The van der Waals surface area contributed by atoms with Crippen molar-refractivity contribution in [2.45, 2.75) is 19.4 Å². The Labute approximate surface area is 86.3 Å². The number of hydrogen-bond acceptors (Lipinski definition) is 2. The third-order valence-electron chi connectivity index (χ3n) is 2.11. The number of halogens is 1. The second-order valence-electron chi connectivity index (χ2n) is 3.56. The van der Waals surface area contributed by atoms with Crippen LogP contribution in [0.5, 0.6) is 0 Å². The average molecular weight is 208 g/mol. The van der Waals surface area contributed by atoms with Gasteiger partial charge in [-0.05, 0) is 12.1 Å². The molecule has 0 saturated heterocycles. The number of para-hydroxylation sites is 1. The Kier molecular flexibility index (Phi) is 2.71. The highest BCUT2D eigenvalue weighted by atomic mass is 19.1. The number of nitro groups is 1. The molecule has 0 bridgehead atoms. The van der Waals surface area contributed by atoms with E-state index in [1.165, 1.54) is 26.0 Å². The minimum absolute atomic E-state index is 0.0995. The van der Waals surface area contributed by atoms with E-state index in [0.717, 1.165) is 6.07 Å². The molecule has 4 nitrogen and oxygen atoms in total. The van der Waals surface area contributed by atoms with Crippen molar-refractivity contribution in [3.8, 4) is 0 Å². The predicted octanol–water partition coefficient (Wildman–Crippen LogP) is 2.89. The molecule has 0 amide bonds. The van der Waals surface area contributed by atoms with Gasteiger partial charge in [-0.3, -0.25) is 10.1 Å². The fourth-order valence-electron chi connectivity index (χ4n) is 1.25. The zero-order valence-corrected chi connectivity index (χ0v) is 8.32. The van der Waals surface area contributed by atoms with E-state index < -0.39 is 22.0 Å². The van der Waals surface area contributed by atoms with Crippen LogP contribution in [0.15, 0.2) is 18.2 Å². The van der Waals surface area contributed by atoms with Crippen molar-refractivity contribution in [2.75, 3.05) is 0 Å². The first-order chi connectivity index (χ1) is 6.90. The first kappa shape index (κ1) is 11.1. The van der Waals surface area contributed by atoms with Crippen LogP contribution >= 0.6 is 0 Å². The highest BCUT2D eigenvalue weighted by Gasteiger charge is 2.36. The Bertz CT molecular complexity index is 449. The Balaban J connectivity index is 3.51. The van der Waals surface area contributed by atoms with Crippen molar-refractivity contribution in [1.29, 1.82) is 0 Å². The summed E-state index contributed by atoms with van der Waals surface area (Å²) in [5, 5.41) is 10.7. The smallest absolute Gasteiger partial charge is 0.306 e. The summed E-state index contributed by atoms with van der Waals surface area (Å²) in [5.74, 6) is -0.908. The predicted molar refractivity (Wildman–Crippen MR) is 52.7 cm³/mol. The molecule has 0 saturated carbocycles. The van der Waals surface area contributed by atoms with Gasteiger partial charge in [0, 0.05) is 13.8 Å². The van der Waals surface area contributed by atoms with Crippen LogP contribution in [0.2, 0.25) is 0 Å². The summed E-state index contributed by atoms with van der Waals surface area (Å²) in [4.78, 5) is 13.1. The zero-order valence-electron chi connectivity index (χ0n) is 8.32. The normalized spacial score (nSPS) is 10.8. The molecule has 0 heterocycles. The van der Waals surface area contributed by atoms with Gasteiger partial charge in [0.25, 0.3) is 5.54 Å². The van der Waals surface area contributed by atoms with Gasteiger partial charge < -0.3 is 4.85 Å². The van der Waals surface area contributed by atoms with Crippen LogP contribution in [-0.2, 0) is 5.54 Å². The summed E-state index contributed by atoms with van der Waals surface area (Å²) >= 11 is 0. The number of nitrogens with zero attached hydrogens (tertiary/aromatic N) is 2. The topological polar surface area (TPSA) is 47.5 Å². The molecule has 78 valence electrons. The van der Waals surface area contributed by atoms with Crippen LogP contribution in [0.4, 0.5) is 10.1 Å². The zero-order chi connectivity index (χ0) is 11.6. The van der Waals surface area contributed by atoms with Gasteiger partial charge in [0.2, 0.25) is 5.82 Å². The van der Waals surface area contributed by atoms with E-state index in [1.54, 1.807) is 0 Å². The molecule has 0 spiro atoms. The van der Waals surface area contributed by atoms with Crippen molar-refractivity contribution in [1.82, 2.24) is 0 Å². The van der Waals surface area contributed by atoms with Gasteiger partial charge in [-0.1, -0.05) is 6.07 Å². The second kappa shape index (κ2) is 3.65. The molecule has 0 N–H and O–H groups in total. The molecule has 1 aromatic carbocycles. The summed E-state index contributed by atoms with van der Waals surface area (Å²) in [6, 6.07) is 3.78. The van der Waals surface area contributed by atoms with Gasteiger partial charge in [-0.25, -0.2) is 6.57 Å². The van der Waals surface area contributed by atoms with Crippen molar-refractivity contribution < 1.29 is 9.31 Å². The number of hydrogen-bond donors (Lipinski definition) is 0. The van der Waals surface area contributed by atoms with E-state index in [2.05, 4.69) is 4.85 Å². The van der Waals surface area contributed by atoms with Gasteiger partial charge in [0.05, 0.1) is 4.92 Å². The maximum Gasteiger partial charge on any atom is 0.316 e. The molecular weight excluding hydrogens is 199 g/mol. The summed E-state index contributed by atoms with van der Waals surface area (Å²) in [6.07, 6.45) is 0. The van der Waals surface area contributed by atoms with Gasteiger partial charge in [0.1, 0.15) is 5.56 Å². The van der Waals surface area contributed by atoms with Crippen molar-refractivity contribution >= 4 is 5.69 Å². The molecule has 1 rings (SSSR count). The quantitative estimate of drug-likeness (QED) is 0.426. The van der Waals surface area contributed by atoms with Crippen LogP contribution in [0, 0.1) is 22.5 Å². The molecule has 0 aliphatic rings. The Morgan fingerprint density at radius 1 is 1.53 bits per heavy atom. The molecule has 0 radical (unpaired) electrons. The van der Waals surface area contributed by atoms with Gasteiger partial charge in [-0.2, -0.15) is 4.39 Å². The molecule has 5 heteroatoms. The summed E-state index contributed by atoms with van der Waals surface area (Å²) < 4.78 is 13.2. The van der Waals surface area contributed by atoms with Crippen molar-refractivity contribution in [3.05, 3.63) is 51.1 Å². The van der Waals surface area contributed by atoms with Gasteiger partial charge >= 0.3 is 5.69 Å². The van der Waals surface area contributed by atoms with Crippen molar-refractivity contribution in [3.63, 3.8) is 0 Å².